The first-order valence-corrected chi connectivity index (χ1v) is 7.15. The molecule has 2 rings (SSSR count). The zero-order chi connectivity index (χ0) is 12.3. The lowest BCUT2D eigenvalue weighted by atomic mass is 9.76. The van der Waals surface area contributed by atoms with E-state index in [0.29, 0.717) is 6.04 Å². The van der Waals surface area contributed by atoms with Gasteiger partial charge in [0.25, 0.3) is 0 Å². The van der Waals surface area contributed by atoms with E-state index in [4.69, 9.17) is 0 Å². The SMILES string of the molecule is CCCC1(C(=O)O)CCCN(C2CCCC2)C1. The van der Waals surface area contributed by atoms with E-state index in [-0.39, 0.29) is 0 Å². The van der Waals surface area contributed by atoms with Gasteiger partial charge < -0.3 is 5.11 Å². The summed E-state index contributed by atoms with van der Waals surface area (Å²) in [5, 5.41) is 9.55. The van der Waals surface area contributed by atoms with E-state index >= 15 is 0 Å². The van der Waals surface area contributed by atoms with Crippen LogP contribution in [-0.2, 0) is 4.79 Å². The molecule has 1 saturated heterocycles. The summed E-state index contributed by atoms with van der Waals surface area (Å²) in [6, 6.07) is 0.672. The van der Waals surface area contributed by atoms with Crippen molar-refractivity contribution >= 4 is 5.97 Å². The number of nitrogens with zero attached hydrogens (tertiary/aromatic N) is 1. The molecule has 98 valence electrons. The number of hydrogen-bond donors (Lipinski definition) is 1. The lowest BCUT2D eigenvalue weighted by Gasteiger charge is -2.42. The standard InChI is InChI=1S/C14H25NO2/c1-2-8-14(13(16)17)9-5-10-15(11-14)12-6-3-4-7-12/h12H,2-11H2,1H3,(H,16,17). The van der Waals surface area contributed by atoms with E-state index < -0.39 is 11.4 Å². The summed E-state index contributed by atoms with van der Waals surface area (Å²) in [6.45, 7) is 4.00. The topological polar surface area (TPSA) is 40.5 Å². The highest BCUT2D eigenvalue weighted by atomic mass is 16.4. The molecule has 2 aliphatic rings. The van der Waals surface area contributed by atoms with Crippen LogP contribution >= 0.6 is 0 Å². The van der Waals surface area contributed by atoms with Crippen LogP contribution in [0.4, 0.5) is 0 Å². The number of carboxylic acids is 1. The molecule has 1 unspecified atom stereocenters. The maximum absolute atomic E-state index is 11.6. The largest absolute Gasteiger partial charge is 0.481 e. The lowest BCUT2D eigenvalue weighted by molar-refractivity contribution is -0.154. The molecule has 0 aromatic rings. The summed E-state index contributed by atoms with van der Waals surface area (Å²) in [5.74, 6) is -0.568. The summed E-state index contributed by atoms with van der Waals surface area (Å²) < 4.78 is 0. The van der Waals surface area contributed by atoms with E-state index in [1.54, 1.807) is 0 Å². The van der Waals surface area contributed by atoms with Gasteiger partial charge >= 0.3 is 5.97 Å². The number of piperidine rings is 1. The van der Waals surface area contributed by atoms with Crippen molar-refractivity contribution in [3.8, 4) is 0 Å². The molecule has 0 spiro atoms. The normalized spacial score (nSPS) is 31.8. The fraction of sp³-hybridized carbons (Fsp3) is 0.929. The van der Waals surface area contributed by atoms with Crippen molar-refractivity contribution in [3.05, 3.63) is 0 Å². The van der Waals surface area contributed by atoms with Crippen LogP contribution in [0.2, 0.25) is 0 Å². The highest BCUT2D eigenvalue weighted by Gasteiger charge is 2.43. The Labute approximate surface area is 104 Å². The molecule has 3 heteroatoms. The van der Waals surface area contributed by atoms with E-state index in [1.165, 1.54) is 25.7 Å². The minimum Gasteiger partial charge on any atom is -0.481 e. The molecule has 1 aliphatic heterocycles. The molecule has 0 bridgehead atoms. The smallest absolute Gasteiger partial charge is 0.310 e. The van der Waals surface area contributed by atoms with Crippen molar-refractivity contribution < 1.29 is 9.90 Å². The van der Waals surface area contributed by atoms with E-state index in [9.17, 15) is 9.90 Å². The van der Waals surface area contributed by atoms with Crippen molar-refractivity contribution in [2.45, 2.75) is 64.3 Å². The molecule has 0 aromatic carbocycles. The molecule has 0 amide bonds. The number of hydrogen-bond acceptors (Lipinski definition) is 2. The Kier molecular flexibility index (Phi) is 4.08. The van der Waals surface area contributed by atoms with Gasteiger partial charge in [-0.2, -0.15) is 0 Å². The Morgan fingerprint density at radius 1 is 1.35 bits per heavy atom. The number of carbonyl (C=O) groups is 1. The highest BCUT2D eigenvalue weighted by Crippen LogP contribution is 2.37. The van der Waals surface area contributed by atoms with Gasteiger partial charge in [-0.3, -0.25) is 9.69 Å². The number of likely N-dealkylation sites (tertiary alicyclic amines) is 1. The third-order valence-electron chi connectivity index (χ3n) is 4.63. The van der Waals surface area contributed by atoms with Crippen LogP contribution < -0.4 is 0 Å². The van der Waals surface area contributed by atoms with Gasteiger partial charge in [0.05, 0.1) is 5.41 Å². The van der Waals surface area contributed by atoms with Gasteiger partial charge in [-0.25, -0.2) is 0 Å². The maximum atomic E-state index is 11.6. The first-order chi connectivity index (χ1) is 8.18. The Hall–Kier alpha value is -0.570. The van der Waals surface area contributed by atoms with Crippen LogP contribution in [0.15, 0.2) is 0 Å². The average Bonchev–Trinajstić information content (AvgIpc) is 2.83. The average molecular weight is 239 g/mol. The first kappa shape index (κ1) is 12.9. The second-order valence-corrected chi connectivity index (χ2v) is 5.85. The van der Waals surface area contributed by atoms with Crippen molar-refractivity contribution in [2.24, 2.45) is 5.41 Å². The van der Waals surface area contributed by atoms with Gasteiger partial charge in [-0.05, 0) is 38.6 Å². The van der Waals surface area contributed by atoms with Crippen LogP contribution in [0.1, 0.15) is 58.3 Å². The monoisotopic (exact) mass is 239 g/mol. The van der Waals surface area contributed by atoms with Crippen molar-refractivity contribution in [3.63, 3.8) is 0 Å². The van der Waals surface area contributed by atoms with E-state index in [1.807, 2.05) is 0 Å². The van der Waals surface area contributed by atoms with E-state index in [0.717, 1.165) is 38.8 Å². The molecule has 1 aliphatic carbocycles. The minimum absolute atomic E-state index is 0.449. The predicted molar refractivity (Wildman–Crippen MR) is 68.0 cm³/mol. The van der Waals surface area contributed by atoms with Crippen LogP contribution in [0.5, 0.6) is 0 Å². The molecule has 3 nitrogen and oxygen atoms in total. The summed E-state index contributed by atoms with van der Waals surface area (Å²) >= 11 is 0. The Morgan fingerprint density at radius 2 is 2.06 bits per heavy atom. The third-order valence-corrected chi connectivity index (χ3v) is 4.63. The first-order valence-electron chi connectivity index (χ1n) is 7.15. The molecule has 1 atom stereocenters. The summed E-state index contributed by atoms with van der Waals surface area (Å²) in [7, 11) is 0. The van der Waals surface area contributed by atoms with Crippen molar-refractivity contribution in [2.75, 3.05) is 13.1 Å². The van der Waals surface area contributed by atoms with Crippen LogP contribution in [0, 0.1) is 5.41 Å². The Balaban J connectivity index is 2.05. The second-order valence-electron chi connectivity index (χ2n) is 5.85. The van der Waals surface area contributed by atoms with Gasteiger partial charge in [0.1, 0.15) is 0 Å². The molecule has 1 N–H and O–H groups in total. The van der Waals surface area contributed by atoms with Crippen LogP contribution in [0.25, 0.3) is 0 Å². The zero-order valence-corrected chi connectivity index (χ0v) is 11.0. The van der Waals surface area contributed by atoms with Gasteiger partial charge in [0, 0.05) is 12.6 Å². The lowest BCUT2D eigenvalue weighted by Crippen LogP contribution is -2.50. The van der Waals surface area contributed by atoms with Crippen molar-refractivity contribution in [1.82, 2.24) is 4.90 Å². The summed E-state index contributed by atoms with van der Waals surface area (Å²) in [4.78, 5) is 14.1. The minimum atomic E-state index is -0.568. The molecule has 0 aromatic heterocycles. The molecule has 0 radical (unpaired) electrons. The Morgan fingerprint density at radius 3 is 2.65 bits per heavy atom. The maximum Gasteiger partial charge on any atom is 0.310 e. The second kappa shape index (κ2) is 5.38. The quantitative estimate of drug-likeness (QED) is 0.820. The Bertz CT molecular complexity index is 269. The van der Waals surface area contributed by atoms with Crippen LogP contribution in [-0.4, -0.2) is 35.1 Å². The molecule has 2 fully saturated rings. The van der Waals surface area contributed by atoms with Crippen molar-refractivity contribution in [1.29, 1.82) is 0 Å². The van der Waals surface area contributed by atoms with Gasteiger partial charge in [-0.1, -0.05) is 26.2 Å². The summed E-state index contributed by atoms with van der Waals surface area (Å²) in [6.07, 6.45) is 8.96. The summed E-state index contributed by atoms with van der Waals surface area (Å²) in [5.41, 5.74) is -0.449. The van der Waals surface area contributed by atoms with E-state index in [2.05, 4.69) is 11.8 Å². The molecule has 1 saturated carbocycles. The highest BCUT2D eigenvalue weighted by molar-refractivity contribution is 5.75. The van der Waals surface area contributed by atoms with Gasteiger partial charge in [-0.15, -0.1) is 0 Å². The van der Waals surface area contributed by atoms with Gasteiger partial charge in [0.2, 0.25) is 0 Å². The number of aliphatic carboxylic acids is 1. The third kappa shape index (κ3) is 2.65. The predicted octanol–water partition coefficient (Wildman–Crippen LogP) is 2.90. The number of carboxylic acid groups (broad SMARTS) is 1. The van der Waals surface area contributed by atoms with Gasteiger partial charge in [0.15, 0.2) is 0 Å². The molecule has 17 heavy (non-hydrogen) atoms. The molecular formula is C14H25NO2. The number of rotatable bonds is 4. The fourth-order valence-corrected chi connectivity index (χ4v) is 3.71. The fourth-order valence-electron chi connectivity index (χ4n) is 3.71. The molecule has 1 heterocycles. The van der Waals surface area contributed by atoms with Crippen LogP contribution in [0.3, 0.4) is 0 Å². The molecular weight excluding hydrogens is 214 g/mol. The zero-order valence-electron chi connectivity index (χ0n) is 11.0.